The van der Waals surface area contributed by atoms with Crippen molar-refractivity contribution in [2.75, 3.05) is 5.75 Å². The van der Waals surface area contributed by atoms with Gasteiger partial charge < -0.3 is 4.98 Å². The van der Waals surface area contributed by atoms with Gasteiger partial charge in [-0.25, -0.2) is 4.98 Å². The molecule has 0 aliphatic heterocycles. The topological polar surface area (TPSA) is 45.8 Å². The van der Waals surface area contributed by atoms with Crippen molar-refractivity contribution in [1.29, 1.82) is 0 Å². The molecule has 1 rings (SSSR count). The zero-order valence-electron chi connectivity index (χ0n) is 5.93. The molecule has 1 heterocycles. The van der Waals surface area contributed by atoms with Crippen molar-refractivity contribution in [3.05, 3.63) is 21.2 Å². The Morgan fingerprint density at radius 1 is 1.82 bits per heavy atom. The van der Waals surface area contributed by atoms with Crippen LogP contribution in [0.1, 0.15) is 6.92 Å². The van der Waals surface area contributed by atoms with Crippen LogP contribution < -0.4 is 5.56 Å². The third kappa shape index (κ3) is 2.07. The molecule has 5 heteroatoms. The Bertz CT molecular complexity index is 299. The molecule has 0 fully saturated rings. The van der Waals surface area contributed by atoms with Crippen molar-refractivity contribution in [1.82, 2.24) is 9.97 Å². The van der Waals surface area contributed by atoms with Crippen LogP contribution in [0.15, 0.2) is 20.6 Å². The molecular formula is C6H7BrN2OS. The molecule has 0 amide bonds. The first kappa shape index (κ1) is 8.80. The highest BCUT2D eigenvalue weighted by molar-refractivity contribution is 9.10. The number of rotatable bonds is 2. The van der Waals surface area contributed by atoms with E-state index in [-0.39, 0.29) is 5.56 Å². The van der Waals surface area contributed by atoms with Crippen molar-refractivity contribution in [2.45, 2.75) is 11.9 Å². The lowest BCUT2D eigenvalue weighted by molar-refractivity contribution is 0.991. The molecule has 0 aliphatic carbocycles. The smallest absolute Gasteiger partial charge is 0.266 e. The predicted molar refractivity (Wildman–Crippen MR) is 49.0 cm³/mol. The fourth-order valence-electron chi connectivity index (χ4n) is 0.604. The van der Waals surface area contributed by atoms with Crippen LogP contribution in [0.2, 0.25) is 0 Å². The highest BCUT2D eigenvalue weighted by Crippen LogP contribution is 2.20. The number of aromatic nitrogens is 2. The molecule has 1 N–H and O–H groups in total. The van der Waals surface area contributed by atoms with E-state index < -0.39 is 0 Å². The van der Waals surface area contributed by atoms with Gasteiger partial charge in [0.05, 0.1) is 6.33 Å². The predicted octanol–water partition coefficient (Wildman–Crippen LogP) is 1.64. The van der Waals surface area contributed by atoms with Crippen LogP contribution in [0.5, 0.6) is 0 Å². The standard InChI is InChI=1S/C6H7BrN2OS/c1-2-11-6-4(7)5(10)8-3-9-6/h3H,2H2,1H3,(H,8,9,10). The number of halogens is 1. The quantitative estimate of drug-likeness (QED) is 0.626. The monoisotopic (exact) mass is 234 g/mol. The average molecular weight is 235 g/mol. The van der Waals surface area contributed by atoms with Gasteiger partial charge in [-0.1, -0.05) is 6.92 Å². The summed E-state index contributed by atoms with van der Waals surface area (Å²) >= 11 is 4.69. The van der Waals surface area contributed by atoms with E-state index in [1.54, 1.807) is 0 Å². The molecule has 0 aromatic carbocycles. The van der Waals surface area contributed by atoms with Gasteiger partial charge in [-0.15, -0.1) is 11.8 Å². The van der Waals surface area contributed by atoms with Crippen LogP contribution >= 0.6 is 27.7 Å². The summed E-state index contributed by atoms with van der Waals surface area (Å²) < 4.78 is 0.520. The zero-order valence-corrected chi connectivity index (χ0v) is 8.33. The Balaban J connectivity index is 3.06. The molecule has 0 saturated carbocycles. The summed E-state index contributed by atoms with van der Waals surface area (Å²) in [6.45, 7) is 2.01. The first-order valence-electron chi connectivity index (χ1n) is 3.11. The van der Waals surface area contributed by atoms with Gasteiger partial charge in [-0.2, -0.15) is 0 Å². The molecule has 1 aromatic rings. The second kappa shape index (κ2) is 3.92. The number of H-pyrrole nitrogens is 1. The third-order valence-electron chi connectivity index (χ3n) is 1.05. The van der Waals surface area contributed by atoms with Crippen molar-refractivity contribution in [3.8, 4) is 0 Å². The Kier molecular flexibility index (Phi) is 3.14. The van der Waals surface area contributed by atoms with E-state index >= 15 is 0 Å². The molecule has 0 bridgehead atoms. The van der Waals surface area contributed by atoms with E-state index in [9.17, 15) is 4.79 Å². The first-order valence-corrected chi connectivity index (χ1v) is 4.89. The minimum absolute atomic E-state index is 0.129. The summed E-state index contributed by atoms with van der Waals surface area (Å²) in [5, 5.41) is 0.747. The van der Waals surface area contributed by atoms with Gasteiger partial charge in [0.15, 0.2) is 0 Å². The van der Waals surface area contributed by atoms with Crippen molar-refractivity contribution < 1.29 is 0 Å². The van der Waals surface area contributed by atoms with Crippen LogP contribution in [-0.4, -0.2) is 15.7 Å². The van der Waals surface area contributed by atoms with E-state index in [2.05, 4.69) is 25.9 Å². The maximum Gasteiger partial charge on any atom is 0.266 e. The minimum Gasteiger partial charge on any atom is -0.312 e. The number of nitrogens with zero attached hydrogens (tertiary/aromatic N) is 1. The maximum absolute atomic E-state index is 11.0. The molecule has 0 aliphatic rings. The normalized spacial score (nSPS) is 10.0. The van der Waals surface area contributed by atoms with E-state index in [1.165, 1.54) is 18.1 Å². The second-order valence-corrected chi connectivity index (χ2v) is 3.83. The molecule has 1 aromatic heterocycles. The summed E-state index contributed by atoms with van der Waals surface area (Å²) in [5.41, 5.74) is -0.129. The number of thioether (sulfide) groups is 1. The molecule has 0 atom stereocenters. The summed E-state index contributed by atoms with van der Waals surface area (Å²) in [4.78, 5) is 17.4. The fourth-order valence-corrected chi connectivity index (χ4v) is 1.78. The van der Waals surface area contributed by atoms with Crippen LogP contribution in [0, 0.1) is 0 Å². The van der Waals surface area contributed by atoms with Gasteiger partial charge >= 0.3 is 0 Å². The maximum atomic E-state index is 11.0. The van der Waals surface area contributed by atoms with E-state index in [0.717, 1.165) is 10.8 Å². The average Bonchev–Trinajstić information content (AvgIpc) is 1.99. The van der Waals surface area contributed by atoms with Crippen molar-refractivity contribution in [3.63, 3.8) is 0 Å². The summed E-state index contributed by atoms with van der Waals surface area (Å²) in [7, 11) is 0. The van der Waals surface area contributed by atoms with Crippen LogP contribution in [0.25, 0.3) is 0 Å². The number of hydrogen-bond acceptors (Lipinski definition) is 3. The number of hydrogen-bond donors (Lipinski definition) is 1. The Labute approximate surface area is 76.8 Å². The molecule has 3 nitrogen and oxygen atoms in total. The van der Waals surface area contributed by atoms with Crippen LogP contribution in [0.4, 0.5) is 0 Å². The molecular weight excluding hydrogens is 228 g/mol. The first-order chi connectivity index (χ1) is 5.25. The van der Waals surface area contributed by atoms with Gasteiger partial charge in [-0.05, 0) is 21.7 Å². The highest BCUT2D eigenvalue weighted by atomic mass is 79.9. The Morgan fingerprint density at radius 3 is 3.18 bits per heavy atom. The Hall–Kier alpha value is -0.290. The van der Waals surface area contributed by atoms with Gasteiger partial charge in [0, 0.05) is 0 Å². The van der Waals surface area contributed by atoms with E-state index in [1.807, 2.05) is 6.92 Å². The molecule has 60 valence electrons. The second-order valence-electron chi connectivity index (χ2n) is 1.78. The molecule has 11 heavy (non-hydrogen) atoms. The molecule has 0 radical (unpaired) electrons. The lowest BCUT2D eigenvalue weighted by atomic mass is 10.7. The largest absolute Gasteiger partial charge is 0.312 e. The summed E-state index contributed by atoms with van der Waals surface area (Å²) in [5.74, 6) is 0.912. The van der Waals surface area contributed by atoms with E-state index in [4.69, 9.17) is 0 Å². The van der Waals surface area contributed by atoms with Crippen LogP contribution in [-0.2, 0) is 0 Å². The number of aromatic amines is 1. The fraction of sp³-hybridized carbons (Fsp3) is 0.333. The van der Waals surface area contributed by atoms with Crippen molar-refractivity contribution >= 4 is 27.7 Å². The van der Waals surface area contributed by atoms with Crippen LogP contribution in [0.3, 0.4) is 0 Å². The van der Waals surface area contributed by atoms with Gasteiger partial charge in [0.2, 0.25) is 0 Å². The van der Waals surface area contributed by atoms with E-state index in [0.29, 0.717) is 4.47 Å². The minimum atomic E-state index is -0.129. The lowest BCUT2D eigenvalue weighted by Crippen LogP contribution is -2.07. The number of nitrogens with one attached hydrogen (secondary N) is 1. The lowest BCUT2D eigenvalue weighted by Gasteiger charge is -1.97. The molecule has 0 saturated heterocycles. The van der Waals surface area contributed by atoms with Gasteiger partial charge in [0.1, 0.15) is 9.50 Å². The third-order valence-corrected chi connectivity index (χ3v) is 2.92. The van der Waals surface area contributed by atoms with Crippen molar-refractivity contribution in [2.24, 2.45) is 0 Å². The van der Waals surface area contributed by atoms with Gasteiger partial charge in [0.25, 0.3) is 5.56 Å². The summed E-state index contributed by atoms with van der Waals surface area (Å²) in [6, 6.07) is 0. The highest BCUT2D eigenvalue weighted by Gasteiger charge is 2.03. The molecule has 0 unspecified atom stereocenters. The SMILES string of the molecule is CCSc1nc[nH]c(=O)c1Br. The van der Waals surface area contributed by atoms with Gasteiger partial charge in [-0.3, -0.25) is 4.79 Å². The zero-order chi connectivity index (χ0) is 8.27. The Morgan fingerprint density at radius 2 is 2.55 bits per heavy atom. The molecule has 0 spiro atoms. The summed E-state index contributed by atoms with van der Waals surface area (Å²) in [6.07, 6.45) is 1.41.